The molecule has 0 aromatic heterocycles. The average Bonchev–Trinajstić information content (AvgIpc) is 2.70. The van der Waals surface area contributed by atoms with Crippen LogP contribution in [0.5, 0.6) is 5.75 Å². The summed E-state index contributed by atoms with van der Waals surface area (Å²) in [5, 5.41) is 21.7. The van der Waals surface area contributed by atoms with Crippen LogP contribution in [0.2, 0.25) is 0 Å². The van der Waals surface area contributed by atoms with Gasteiger partial charge < -0.3 is 21.7 Å². The minimum atomic E-state index is -2.69. The van der Waals surface area contributed by atoms with E-state index in [0.717, 1.165) is 5.56 Å². The van der Waals surface area contributed by atoms with Crippen molar-refractivity contribution in [3.05, 3.63) is 28.8 Å². The minimum absolute atomic E-state index is 0.00791. The number of fused-ring (bicyclic) bond motifs is 3. The highest BCUT2D eigenvalue weighted by atomic mass is 16.3. The molecule has 3 aliphatic rings. The van der Waals surface area contributed by atoms with Gasteiger partial charge >= 0.3 is 0 Å². The Hall–Kier alpha value is -2.91. The molecule has 0 aliphatic heterocycles. The second-order valence-electron chi connectivity index (χ2n) is 9.62. The number of benzene rings is 1. The first kappa shape index (κ1) is 22.3. The van der Waals surface area contributed by atoms with Crippen LogP contribution < -0.4 is 11.5 Å². The molecular formula is C23H26N2O7. The monoisotopic (exact) mass is 442 g/mol. The molecule has 4 rings (SSSR count). The summed E-state index contributed by atoms with van der Waals surface area (Å²) in [6.45, 7) is 3.77. The molecule has 5 unspecified atom stereocenters. The molecule has 32 heavy (non-hydrogen) atoms. The number of ketones is 4. The Bertz CT molecular complexity index is 1090. The van der Waals surface area contributed by atoms with E-state index < -0.39 is 64.2 Å². The Morgan fingerprint density at radius 3 is 2.41 bits per heavy atom. The van der Waals surface area contributed by atoms with Gasteiger partial charge in [0.15, 0.2) is 34.7 Å². The zero-order chi connectivity index (χ0) is 23.7. The molecule has 2 fully saturated rings. The highest BCUT2D eigenvalue weighted by Gasteiger charge is 2.69. The molecule has 9 heteroatoms. The molecule has 2 saturated carbocycles. The lowest BCUT2D eigenvalue weighted by Gasteiger charge is -2.54. The fourth-order valence-corrected chi connectivity index (χ4v) is 6.01. The number of primary amides is 1. The number of amides is 1. The van der Waals surface area contributed by atoms with Gasteiger partial charge in [0, 0.05) is 17.8 Å². The number of hydrogen-bond donors (Lipinski definition) is 4. The maximum absolute atomic E-state index is 13.6. The van der Waals surface area contributed by atoms with Gasteiger partial charge in [-0.1, -0.05) is 19.9 Å². The van der Waals surface area contributed by atoms with Crippen LogP contribution in [0, 0.1) is 23.2 Å². The van der Waals surface area contributed by atoms with Crippen LogP contribution in [0.1, 0.15) is 54.1 Å². The third kappa shape index (κ3) is 2.67. The molecule has 0 bridgehead atoms. The largest absolute Gasteiger partial charge is 0.507 e. The van der Waals surface area contributed by atoms with Crippen molar-refractivity contribution in [2.45, 2.75) is 44.6 Å². The lowest BCUT2D eigenvalue weighted by Crippen LogP contribution is -2.71. The summed E-state index contributed by atoms with van der Waals surface area (Å²) in [4.78, 5) is 64.4. The summed E-state index contributed by atoms with van der Waals surface area (Å²) in [7, 11) is 0. The van der Waals surface area contributed by atoms with Gasteiger partial charge in [-0.15, -0.1) is 0 Å². The van der Waals surface area contributed by atoms with E-state index in [1.54, 1.807) is 6.07 Å². The molecule has 0 saturated heterocycles. The summed E-state index contributed by atoms with van der Waals surface area (Å²) in [6, 6.07) is 3.11. The van der Waals surface area contributed by atoms with E-state index in [-0.39, 0.29) is 36.6 Å². The lowest BCUT2D eigenvalue weighted by molar-refractivity contribution is -0.179. The summed E-state index contributed by atoms with van der Waals surface area (Å²) in [5.41, 5.74) is 8.90. The minimum Gasteiger partial charge on any atom is -0.507 e. The number of phenols is 1. The Morgan fingerprint density at radius 2 is 1.84 bits per heavy atom. The smallest absolute Gasteiger partial charge is 0.235 e. The summed E-state index contributed by atoms with van der Waals surface area (Å²) >= 11 is 0. The Labute approximate surface area is 184 Å². The first-order valence-electron chi connectivity index (χ1n) is 10.6. The van der Waals surface area contributed by atoms with Crippen LogP contribution in [-0.2, 0) is 25.6 Å². The fourth-order valence-electron chi connectivity index (χ4n) is 6.01. The number of carbonyl (C=O) groups excluding carboxylic acids is 5. The second kappa shape index (κ2) is 7.05. The van der Waals surface area contributed by atoms with Crippen molar-refractivity contribution in [3.8, 4) is 5.75 Å². The molecule has 6 N–H and O–H groups in total. The van der Waals surface area contributed by atoms with Crippen molar-refractivity contribution < 1.29 is 34.2 Å². The quantitative estimate of drug-likeness (QED) is 0.464. The lowest BCUT2D eigenvalue weighted by atomic mass is 9.47. The molecule has 0 heterocycles. The van der Waals surface area contributed by atoms with Crippen LogP contribution in [0.25, 0.3) is 0 Å². The highest BCUT2D eigenvalue weighted by Crippen LogP contribution is 2.56. The summed E-state index contributed by atoms with van der Waals surface area (Å²) in [5.74, 6) is -9.86. The third-order valence-electron chi connectivity index (χ3n) is 7.58. The zero-order valence-electron chi connectivity index (χ0n) is 17.9. The molecule has 5 atom stereocenters. The first-order valence-corrected chi connectivity index (χ1v) is 10.6. The Morgan fingerprint density at radius 1 is 1.19 bits per heavy atom. The van der Waals surface area contributed by atoms with Gasteiger partial charge in [0.25, 0.3) is 0 Å². The number of nitrogens with two attached hydrogens (primary N) is 2. The third-order valence-corrected chi connectivity index (χ3v) is 7.58. The fraction of sp³-hybridized carbons (Fsp3) is 0.522. The van der Waals surface area contributed by atoms with Crippen LogP contribution in [0.15, 0.2) is 12.1 Å². The van der Waals surface area contributed by atoms with Crippen LogP contribution in [-0.4, -0.2) is 51.4 Å². The van der Waals surface area contributed by atoms with E-state index in [4.69, 9.17) is 11.5 Å². The van der Waals surface area contributed by atoms with Gasteiger partial charge in [-0.25, -0.2) is 0 Å². The second-order valence-corrected chi connectivity index (χ2v) is 9.62. The molecule has 170 valence electrons. The van der Waals surface area contributed by atoms with E-state index in [1.165, 1.54) is 6.07 Å². The van der Waals surface area contributed by atoms with Gasteiger partial charge in [-0.3, -0.25) is 24.0 Å². The normalized spacial score (nSPS) is 34.2. The number of aliphatic hydroxyl groups is 1. The predicted molar refractivity (Wildman–Crippen MR) is 111 cm³/mol. The average molecular weight is 442 g/mol. The number of rotatable bonds is 3. The standard InChI is InChI=1S/C23H26N2O7/c1-9(2)11-3-4-13(26)15-12(11)7-22(8-24)6-10-5-14(27)16(21(25)31)19(29)23(10,32)20(30)17(22)18(15)28/h3-4,9-10,16-17,26,32H,5-8,24H2,1-2H3,(H2,25,31). The Balaban J connectivity index is 1.92. The molecule has 9 nitrogen and oxygen atoms in total. The first-order chi connectivity index (χ1) is 14.9. The van der Waals surface area contributed by atoms with Gasteiger partial charge in [-0.05, 0) is 42.5 Å². The van der Waals surface area contributed by atoms with Crippen molar-refractivity contribution in [2.24, 2.45) is 34.6 Å². The topological polar surface area (TPSA) is 178 Å². The summed E-state index contributed by atoms with van der Waals surface area (Å²) in [6.07, 6.45) is -0.247. The number of phenolic OH excluding ortho intramolecular Hbond substituents is 1. The molecule has 0 spiro atoms. The zero-order valence-corrected chi connectivity index (χ0v) is 17.9. The highest BCUT2D eigenvalue weighted by molar-refractivity contribution is 6.31. The van der Waals surface area contributed by atoms with Crippen molar-refractivity contribution >= 4 is 29.0 Å². The van der Waals surface area contributed by atoms with Crippen LogP contribution in [0.3, 0.4) is 0 Å². The molecule has 0 radical (unpaired) electrons. The number of aromatic hydroxyl groups is 1. The molecule has 1 aromatic rings. The SMILES string of the molecule is CC(C)c1ccc(O)c2c1CC1(CN)CC3CC(=O)C(C(N)=O)C(=O)C3(O)C(=O)C1C2=O. The van der Waals surface area contributed by atoms with Gasteiger partial charge in [-0.2, -0.15) is 0 Å². The molecule has 3 aliphatic carbocycles. The van der Waals surface area contributed by atoms with Crippen molar-refractivity contribution in [1.82, 2.24) is 0 Å². The van der Waals surface area contributed by atoms with E-state index in [0.29, 0.717) is 5.56 Å². The molecule has 1 amide bonds. The van der Waals surface area contributed by atoms with E-state index in [9.17, 15) is 34.2 Å². The van der Waals surface area contributed by atoms with Crippen LogP contribution >= 0.6 is 0 Å². The van der Waals surface area contributed by atoms with Gasteiger partial charge in [0.2, 0.25) is 5.91 Å². The van der Waals surface area contributed by atoms with Crippen LogP contribution in [0.4, 0.5) is 0 Å². The van der Waals surface area contributed by atoms with E-state index >= 15 is 0 Å². The van der Waals surface area contributed by atoms with Crippen molar-refractivity contribution in [1.29, 1.82) is 0 Å². The van der Waals surface area contributed by atoms with Gasteiger partial charge in [0.05, 0.1) is 11.5 Å². The number of hydrogen-bond acceptors (Lipinski definition) is 8. The summed E-state index contributed by atoms with van der Waals surface area (Å²) < 4.78 is 0. The van der Waals surface area contributed by atoms with Crippen molar-refractivity contribution in [3.63, 3.8) is 0 Å². The van der Waals surface area contributed by atoms with E-state index in [1.807, 2.05) is 13.8 Å². The number of Topliss-reactive ketones (excluding diaryl/α,β-unsaturated/α-hetero) is 4. The van der Waals surface area contributed by atoms with Crippen molar-refractivity contribution in [2.75, 3.05) is 6.54 Å². The maximum atomic E-state index is 13.6. The number of carbonyl (C=O) groups is 5. The molecule has 1 aromatic carbocycles. The van der Waals surface area contributed by atoms with E-state index in [2.05, 4.69) is 0 Å². The maximum Gasteiger partial charge on any atom is 0.235 e. The Kier molecular flexibility index (Phi) is 4.91. The van der Waals surface area contributed by atoms with Gasteiger partial charge in [0.1, 0.15) is 5.75 Å². The molecular weight excluding hydrogens is 416 g/mol. The predicted octanol–water partition coefficient (Wildman–Crippen LogP) is -0.221.